The minimum absolute atomic E-state index is 0.511. The molecular weight excluding hydrogens is 301 g/mol. The van der Waals surface area contributed by atoms with Crippen LogP contribution < -0.4 is 5.32 Å². The SMILES string of the molecule is COCCNCc1nc(Cc2ccc(Cl)cc2Cl)no1. The second kappa shape index (κ2) is 7.59. The zero-order chi connectivity index (χ0) is 14.4. The van der Waals surface area contributed by atoms with Crippen molar-refractivity contribution in [3.05, 3.63) is 45.5 Å². The molecule has 108 valence electrons. The molecule has 0 spiro atoms. The predicted octanol–water partition coefficient (Wildman–Crippen LogP) is 2.70. The van der Waals surface area contributed by atoms with Gasteiger partial charge in [-0.25, -0.2) is 0 Å². The van der Waals surface area contributed by atoms with Gasteiger partial charge in [-0.3, -0.25) is 0 Å². The summed E-state index contributed by atoms with van der Waals surface area (Å²) >= 11 is 12.0. The Kier molecular flexibility index (Phi) is 5.79. The van der Waals surface area contributed by atoms with Gasteiger partial charge in [-0.15, -0.1) is 0 Å². The number of ether oxygens (including phenoxy) is 1. The molecule has 2 aromatic rings. The van der Waals surface area contributed by atoms with Gasteiger partial charge in [-0.2, -0.15) is 4.98 Å². The van der Waals surface area contributed by atoms with Crippen LogP contribution in [0.5, 0.6) is 0 Å². The molecule has 20 heavy (non-hydrogen) atoms. The summed E-state index contributed by atoms with van der Waals surface area (Å²) in [6, 6.07) is 5.35. The van der Waals surface area contributed by atoms with E-state index in [1.165, 1.54) is 0 Å². The Morgan fingerprint density at radius 2 is 2.20 bits per heavy atom. The van der Waals surface area contributed by atoms with E-state index in [9.17, 15) is 0 Å². The first-order valence-electron chi connectivity index (χ1n) is 6.14. The van der Waals surface area contributed by atoms with Crippen molar-refractivity contribution in [2.24, 2.45) is 0 Å². The molecule has 0 unspecified atom stereocenters. The van der Waals surface area contributed by atoms with Crippen molar-refractivity contribution in [1.29, 1.82) is 0 Å². The highest BCUT2D eigenvalue weighted by Gasteiger charge is 2.09. The van der Waals surface area contributed by atoms with Crippen molar-refractivity contribution in [3.63, 3.8) is 0 Å². The van der Waals surface area contributed by atoms with Crippen molar-refractivity contribution >= 4 is 23.2 Å². The average molecular weight is 316 g/mol. The summed E-state index contributed by atoms with van der Waals surface area (Å²) in [6.07, 6.45) is 0.511. The molecule has 1 N–H and O–H groups in total. The maximum Gasteiger partial charge on any atom is 0.240 e. The van der Waals surface area contributed by atoms with Crippen LogP contribution in [0.25, 0.3) is 0 Å². The van der Waals surface area contributed by atoms with Crippen molar-refractivity contribution < 1.29 is 9.26 Å². The first-order chi connectivity index (χ1) is 9.69. The Labute approximate surface area is 127 Å². The second-order valence-corrected chi connectivity index (χ2v) is 5.03. The maximum absolute atomic E-state index is 6.11. The molecule has 0 radical (unpaired) electrons. The molecule has 0 saturated carbocycles. The highest BCUT2D eigenvalue weighted by molar-refractivity contribution is 6.35. The van der Waals surface area contributed by atoms with Crippen molar-refractivity contribution in [2.75, 3.05) is 20.3 Å². The molecule has 0 amide bonds. The Morgan fingerprint density at radius 1 is 1.35 bits per heavy atom. The fourth-order valence-electron chi connectivity index (χ4n) is 1.64. The molecule has 1 aromatic heterocycles. The molecule has 1 heterocycles. The number of benzene rings is 1. The Hall–Kier alpha value is -1.14. The van der Waals surface area contributed by atoms with Crippen molar-refractivity contribution in [1.82, 2.24) is 15.5 Å². The highest BCUT2D eigenvalue weighted by atomic mass is 35.5. The summed E-state index contributed by atoms with van der Waals surface area (Å²) in [7, 11) is 1.66. The largest absolute Gasteiger partial charge is 0.383 e. The summed E-state index contributed by atoms with van der Waals surface area (Å²) in [5.74, 6) is 1.14. The summed E-state index contributed by atoms with van der Waals surface area (Å²) in [5, 5.41) is 8.26. The molecule has 0 aliphatic rings. The number of hydrogen-bond acceptors (Lipinski definition) is 5. The third kappa shape index (κ3) is 4.45. The quantitative estimate of drug-likeness (QED) is 0.796. The first-order valence-corrected chi connectivity index (χ1v) is 6.89. The van der Waals surface area contributed by atoms with E-state index in [0.29, 0.717) is 41.3 Å². The molecule has 0 aliphatic heterocycles. The smallest absolute Gasteiger partial charge is 0.240 e. The topological polar surface area (TPSA) is 60.2 Å². The molecule has 1 aromatic carbocycles. The fourth-order valence-corrected chi connectivity index (χ4v) is 2.11. The Morgan fingerprint density at radius 3 is 2.95 bits per heavy atom. The lowest BCUT2D eigenvalue weighted by atomic mass is 10.1. The van der Waals surface area contributed by atoms with Gasteiger partial charge in [0.25, 0.3) is 0 Å². The second-order valence-electron chi connectivity index (χ2n) is 4.19. The summed E-state index contributed by atoms with van der Waals surface area (Å²) < 4.78 is 10.1. The Bertz CT molecular complexity index is 560. The van der Waals surface area contributed by atoms with Crippen molar-refractivity contribution in [3.8, 4) is 0 Å². The monoisotopic (exact) mass is 315 g/mol. The van der Waals surface area contributed by atoms with Crippen LogP contribution in [0.3, 0.4) is 0 Å². The van der Waals surface area contributed by atoms with E-state index >= 15 is 0 Å². The molecule has 5 nitrogen and oxygen atoms in total. The lowest BCUT2D eigenvalue weighted by Gasteiger charge is -2.01. The van der Waals surface area contributed by atoms with Gasteiger partial charge in [0.1, 0.15) is 0 Å². The van der Waals surface area contributed by atoms with Crippen LogP contribution in [-0.4, -0.2) is 30.4 Å². The molecule has 2 rings (SSSR count). The van der Waals surface area contributed by atoms with Gasteiger partial charge in [0, 0.05) is 30.1 Å². The van der Waals surface area contributed by atoms with Gasteiger partial charge in [0.15, 0.2) is 5.82 Å². The molecule has 0 atom stereocenters. The molecule has 0 fully saturated rings. The van der Waals surface area contributed by atoms with Crippen LogP contribution >= 0.6 is 23.2 Å². The van der Waals surface area contributed by atoms with E-state index in [0.717, 1.165) is 12.1 Å². The predicted molar refractivity (Wildman–Crippen MR) is 77.1 cm³/mol. The highest BCUT2D eigenvalue weighted by Crippen LogP contribution is 2.22. The molecule has 0 aliphatic carbocycles. The lowest BCUT2D eigenvalue weighted by Crippen LogP contribution is -2.18. The summed E-state index contributed by atoms with van der Waals surface area (Å²) in [5.41, 5.74) is 0.913. The maximum atomic E-state index is 6.11. The zero-order valence-corrected chi connectivity index (χ0v) is 12.5. The summed E-state index contributed by atoms with van der Waals surface area (Å²) in [4.78, 5) is 4.29. The number of nitrogens with zero attached hydrogens (tertiary/aromatic N) is 2. The molecule has 7 heteroatoms. The molecule has 0 bridgehead atoms. The number of halogens is 2. The van der Waals surface area contributed by atoms with Crippen LogP contribution in [0, 0.1) is 0 Å². The van der Waals surface area contributed by atoms with Gasteiger partial charge in [-0.1, -0.05) is 34.4 Å². The van der Waals surface area contributed by atoms with Crippen molar-refractivity contribution in [2.45, 2.75) is 13.0 Å². The standard InChI is InChI=1S/C13H15Cl2N3O2/c1-19-5-4-16-8-13-17-12(18-20-13)6-9-2-3-10(14)7-11(9)15/h2-3,7,16H,4-6,8H2,1H3. The minimum Gasteiger partial charge on any atom is -0.383 e. The van der Waals surface area contributed by atoms with E-state index in [1.807, 2.05) is 6.07 Å². The van der Waals surface area contributed by atoms with E-state index in [1.54, 1.807) is 19.2 Å². The average Bonchev–Trinajstić information content (AvgIpc) is 2.86. The fraction of sp³-hybridized carbons (Fsp3) is 0.385. The van der Waals surface area contributed by atoms with Crippen LogP contribution in [0.1, 0.15) is 17.3 Å². The first kappa shape index (κ1) is 15.3. The van der Waals surface area contributed by atoms with Gasteiger partial charge >= 0.3 is 0 Å². The van der Waals surface area contributed by atoms with Crippen LogP contribution in [0.15, 0.2) is 22.7 Å². The minimum atomic E-state index is 0.511. The van der Waals surface area contributed by atoms with Gasteiger partial charge in [0.2, 0.25) is 5.89 Å². The zero-order valence-electron chi connectivity index (χ0n) is 11.0. The number of methoxy groups -OCH3 is 1. The van der Waals surface area contributed by atoms with Crippen LogP contribution in [0.2, 0.25) is 10.0 Å². The lowest BCUT2D eigenvalue weighted by molar-refractivity contribution is 0.197. The third-order valence-corrected chi connectivity index (χ3v) is 3.22. The Balaban J connectivity index is 1.92. The normalized spacial score (nSPS) is 10.9. The third-order valence-electron chi connectivity index (χ3n) is 2.63. The van der Waals surface area contributed by atoms with Gasteiger partial charge in [0.05, 0.1) is 13.2 Å². The van der Waals surface area contributed by atoms with Crippen LogP contribution in [-0.2, 0) is 17.7 Å². The number of nitrogens with one attached hydrogen (secondary N) is 1. The summed E-state index contributed by atoms with van der Waals surface area (Å²) in [6.45, 7) is 1.89. The van der Waals surface area contributed by atoms with E-state index in [4.69, 9.17) is 32.5 Å². The van der Waals surface area contributed by atoms with Gasteiger partial charge in [-0.05, 0) is 17.7 Å². The molecular formula is C13H15Cl2N3O2. The number of aromatic nitrogens is 2. The van der Waals surface area contributed by atoms with E-state index in [2.05, 4.69) is 15.5 Å². The molecule has 0 saturated heterocycles. The number of hydrogen-bond donors (Lipinski definition) is 1. The van der Waals surface area contributed by atoms with Crippen LogP contribution in [0.4, 0.5) is 0 Å². The van der Waals surface area contributed by atoms with Gasteiger partial charge < -0.3 is 14.6 Å². The van der Waals surface area contributed by atoms with E-state index in [-0.39, 0.29) is 0 Å². The van der Waals surface area contributed by atoms with E-state index < -0.39 is 0 Å². The number of rotatable bonds is 7.